The second-order valence-corrected chi connectivity index (χ2v) is 5.50. The average Bonchev–Trinajstić information content (AvgIpc) is 2.77. The highest BCUT2D eigenvalue weighted by molar-refractivity contribution is 9.10. The molecule has 0 aliphatic carbocycles. The van der Waals surface area contributed by atoms with E-state index in [9.17, 15) is 0 Å². The molecule has 86 valence electrons. The van der Waals surface area contributed by atoms with E-state index in [1.165, 1.54) is 0 Å². The van der Waals surface area contributed by atoms with E-state index in [4.69, 9.17) is 10.3 Å². The Bertz CT molecular complexity index is 494. The van der Waals surface area contributed by atoms with Crippen LogP contribution in [0.5, 0.6) is 0 Å². The van der Waals surface area contributed by atoms with Crippen LogP contribution < -0.4 is 11.3 Å². The molecule has 2 aromatic heterocycles. The zero-order valence-corrected chi connectivity index (χ0v) is 11.4. The van der Waals surface area contributed by atoms with E-state index in [0.717, 1.165) is 25.8 Å². The molecule has 0 aliphatic rings. The Morgan fingerprint density at radius 2 is 2.31 bits per heavy atom. The highest BCUT2D eigenvalue weighted by Gasteiger charge is 2.23. The van der Waals surface area contributed by atoms with E-state index in [1.54, 1.807) is 17.6 Å². The summed E-state index contributed by atoms with van der Waals surface area (Å²) < 4.78 is 6.33. The van der Waals surface area contributed by atoms with Crippen LogP contribution in [0.25, 0.3) is 0 Å². The van der Waals surface area contributed by atoms with Crippen LogP contribution in [0.2, 0.25) is 0 Å². The van der Waals surface area contributed by atoms with Crippen molar-refractivity contribution in [2.24, 2.45) is 5.84 Å². The zero-order chi connectivity index (χ0) is 11.7. The lowest BCUT2D eigenvalue weighted by molar-refractivity contribution is 0.452. The van der Waals surface area contributed by atoms with Crippen LogP contribution in [0.4, 0.5) is 0 Å². The van der Waals surface area contributed by atoms with Crippen molar-refractivity contribution in [3.8, 4) is 0 Å². The Hall–Kier alpha value is -0.690. The third kappa shape index (κ3) is 2.06. The van der Waals surface area contributed by atoms with Crippen molar-refractivity contribution in [3.05, 3.63) is 38.1 Å². The van der Waals surface area contributed by atoms with Crippen molar-refractivity contribution >= 4 is 27.3 Å². The first-order valence-electron chi connectivity index (χ1n) is 4.76. The number of furan rings is 1. The quantitative estimate of drug-likeness (QED) is 0.676. The molecule has 0 fully saturated rings. The van der Waals surface area contributed by atoms with Gasteiger partial charge in [0.2, 0.25) is 0 Å². The highest BCUT2D eigenvalue weighted by Crippen LogP contribution is 2.33. The van der Waals surface area contributed by atoms with Crippen molar-refractivity contribution < 1.29 is 4.42 Å². The van der Waals surface area contributed by atoms with Gasteiger partial charge in [0, 0.05) is 0 Å². The smallest absolute Gasteiger partial charge is 0.141 e. The second-order valence-electron chi connectivity index (χ2n) is 3.42. The first-order valence-corrected chi connectivity index (χ1v) is 6.37. The number of rotatable bonds is 3. The molecule has 0 aromatic carbocycles. The molecule has 1 atom stereocenters. The monoisotopic (exact) mass is 301 g/mol. The lowest BCUT2D eigenvalue weighted by Gasteiger charge is -2.12. The maximum atomic E-state index is 5.59. The highest BCUT2D eigenvalue weighted by atomic mass is 79.9. The lowest BCUT2D eigenvalue weighted by atomic mass is 10.2. The molecule has 2 heterocycles. The molecule has 1 unspecified atom stereocenters. The number of nitrogens with one attached hydrogen (secondary N) is 1. The summed E-state index contributed by atoms with van der Waals surface area (Å²) >= 11 is 5.05. The fraction of sp³-hybridized carbons (Fsp3) is 0.300. The van der Waals surface area contributed by atoms with Crippen LogP contribution in [0.3, 0.4) is 0 Å². The Morgan fingerprint density at radius 3 is 2.75 bits per heavy atom. The molecule has 4 nitrogen and oxygen atoms in total. The molecule has 3 N–H and O–H groups in total. The fourth-order valence-electron chi connectivity index (χ4n) is 1.60. The Balaban J connectivity index is 2.44. The standard InChI is InChI=1S/C10H12BrN3OS/c1-5-10(16-6(2)13-5)8(14-12)9-7(11)3-4-15-9/h3-4,8,14H,12H2,1-2H3. The maximum absolute atomic E-state index is 5.59. The van der Waals surface area contributed by atoms with Gasteiger partial charge in [-0.05, 0) is 35.8 Å². The Labute approximate surface area is 106 Å². The zero-order valence-electron chi connectivity index (χ0n) is 8.95. The van der Waals surface area contributed by atoms with Crippen molar-refractivity contribution in [1.82, 2.24) is 10.4 Å². The first-order chi connectivity index (χ1) is 7.63. The van der Waals surface area contributed by atoms with Gasteiger partial charge in [-0.15, -0.1) is 11.3 Å². The number of aromatic nitrogens is 1. The van der Waals surface area contributed by atoms with Crippen molar-refractivity contribution in [2.45, 2.75) is 19.9 Å². The maximum Gasteiger partial charge on any atom is 0.141 e. The molecule has 0 saturated heterocycles. The second kappa shape index (κ2) is 4.67. The number of nitrogens with two attached hydrogens (primary N) is 1. The van der Waals surface area contributed by atoms with Crippen LogP contribution >= 0.6 is 27.3 Å². The van der Waals surface area contributed by atoms with Gasteiger partial charge in [-0.25, -0.2) is 10.4 Å². The van der Waals surface area contributed by atoms with Crippen LogP contribution in [0, 0.1) is 13.8 Å². The van der Waals surface area contributed by atoms with Gasteiger partial charge in [0.1, 0.15) is 11.8 Å². The summed E-state index contributed by atoms with van der Waals surface area (Å²) in [7, 11) is 0. The van der Waals surface area contributed by atoms with Crippen LogP contribution in [-0.4, -0.2) is 4.98 Å². The largest absolute Gasteiger partial charge is 0.466 e. The molecule has 0 amide bonds. The van der Waals surface area contributed by atoms with E-state index in [2.05, 4.69) is 26.3 Å². The normalized spacial score (nSPS) is 13.0. The minimum absolute atomic E-state index is 0.157. The van der Waals surface area contributed by atoms with Crippen LogP contribution in [0.15, 0.2) is 21.2 Å². The number of nitrogens with zero attached hydrogens (tertiary/aromatic N) is 1. The number of thiazole rings is 1. The summed E-state index contributed by atoms with van der Waals surface area (Å²) in [5.41, 5.74) is 3.74. The number of hydrogen-bond acceptors (Lipinski definition) is 5. The first kappa shape index (κ1) is 11.8. The third-order valence-corrected chi connectivity index (χ3v) is 4.07. The molecule has 2 rings (SSSR count). The van der Waals surface area contributed by atoms with Gasteiger partial charge < -0.3 is 4.42 Å². The van der Waals surface area contributed by atoms with Gasteiger partial charge in [0.15, 0.2) is 0 Å². The molecule has 6 heteroatoms. The molecule has 16 heavy (non-hydrogen) atoms. The molecule has 0 saturated carbocycles. The van der Waals surface area contributed by atoms with E-state index in [1.807, 2.05) is 19.9 Å². The minimum atomic E-state index is -0.157. The van der Waals surface area contributed by atoms with Gasteiger partial charge in [-0.3, -0.25) is 5.84 Å². The molecule has 0 spiro atoms. The van der Waals surface area contributed by atoms with E-state index < -0.39 is 0 Å². The molecule has 0 bridgehead atoms. The van der Waals surface area contributed by atoms with Crippen molar-refractivity contribution in [2.75, 3.05) is 0 Å². The number of hydrazine groups is 1. The van der Waals surface area contributed by atoms with Crippen molar-refractivity contribution in [3.63, 3.8) is 0 Å². The van der Waals surface area contributed by atoms with Gasteiger partial charge in [0.05, 0.1) is 26.3 Å². The molecular formula is C10H12BrN3OS. The number of aryl methyl sites for hydroxylation is 2. The van der Waals surface area contributed by atoms with Gasteiger partial charge in [-0.1, -0.05) is 0 Å². The Morgan fingerprint density at radius 1 is 1.56 bits per heavy atom. The molecular weight excluding hydrogens is 290 g/mol. The van der Waals surface area contributed by atoms with Crippen molar-refractivity contribution in [1.29, 1.82) is 0 Å². The van der Waals surface area contributed by atoms with E-state index in [0.29, 0.717) is 0 Å². The summed E-state index contributed by atoms with van der Waals surface area (Å²) in [6, 6.07) is 1.69. The topological polar surface area (TPSA) is 64.1 Å². The summed E-state index contributed by atoms with van der Waals surface area (Å²) in [5, 5.41) is 1.02. The van der Waals surface area contributed by atoms with Gasteiger partial charge in [0.25, 0.3) is 0 Å². The summed E-state index contributed by atoms with van der Waals surface area (Å²) in [6.45, 7) is 3.95. The third-order valence-electron chi connectivity index (χ3n) is 2.28. The summed E-state index contributed by atoms with van der Waals surface area (Å²) in [5.74, 6) is 6.36. The van der Waals surface area contributed by atoms with Crippen LogP contribution in [0.1, 0.15) is 27.4 Å². The predicted octanol–water partition coefficient (Wildman–Crippen LogP) is 2.67. The predicted molar refractivity (Wildman–Crippen MR) is 67.2 cm³/mol. The fourth-order valence-corrected chi connectivity index (χ4v) is 3.01. The number of hydrogen-bond donors (Lipinski definition) is 2. The minimum Gasteiger partial charge on any atom is -0.466 e. The van der Waals surface area contributed by atoms with E-state index in [-0.39, 0.29) is 6.04 Å². The molecule has 0 radical (unpaired) electrons. The summed E-state index contributed by atoms with van der Waals surface area (Å²) in [6.07, 6.45) is 1.63. The molecule has 2 aromatic rings. The van der Waals surface area contributed by atoms with Gasteiger partial charge in [-0.2, -0.15) is 0 Å². The van der Waals surface area contributed by atoms with E-state index >= 15 is 0 Å². The number of halogens is 1. The SMILES string of the molecule is Cc1nc(C)c(C(NN)c2occc2Br)s1. The lowest BCUT2D eigenvalue weighted by Crippen LogP contribution is -2.28. The summed E-state index contributed by atoms with van der Waals surface area (Å²) in [4.78, 5) is 5.46. The van der Waals surface area contributed by atoms with Crippen LogP contribution in [-0.2, 0) is 0 Å². The molecule has 0 aliphatic heterocycles. The average molecular weight is 302 g/mol. The Kier molecular flexibility index (Phi) is 3.44. The van der Waals surface area contributed by atoms with Gasteiger partial charge >= 0.3 is 0 Å².